The van der Waals surface area contributed by atoms with Gasteiger partial charge >= 0.3 is 0 Å². The molecule has 0 amide bonds. The summed E-state index contributed by atoms with van der Waals surface area (Å²) in [6, 6.07) is 33.2. The van der Waals surface area contributed by atoms with E-state index in [1.54, 1.807) is 13.0 Å². The predicted octanol–water partition coefficient (Wildman–Crippen LogP) is 7.13. The normalized spacial score (nSPS) is 13.3. The molecule has 2 atom stereocenters. The maximum Gasteiger partial charge on any atom is 0.183 e. The highest BCUT2D eigenvalue weighted by molar-refractivity contribution is 5.60. The monoisotopic (exact) mass is 484 g/mol. The van der Waals surface area contributed by atoms with Crippen LogP contribution in [0.25, 0.3) is 0 Å². The maximum absolute atomic E-state index is 14.2. The summed E-state index contributed by atoms with van der Waals surface area (Å²) in [4.78, 5) is 11.6. The molecular formula is C31H26F2O3. The third-order valence-corrected chi connectivity index (χ3v) is 5.91. The third-order valence-electron chi connectivity index (χ3n) is 5.91. The molecule has 4 aromatic rings. The van der Waals surface area contributed by atoms with Crippen LogP contribution in [-0.2, 0) is 19.9 Å². The van der Waals surface area contributed by atoms with Crippen LogP contribution >= 0.6 is 0 Å². The number of hydrogen-bond acceptors (Lipinski definition) is 3. The summed E-state index contributed by atoms with van der Waals surface area (Å²) in [7, 11) is 0. The fourth-order valence-electron chi connectivity index (χ4n) is 4.17. The summed E-state index contributed by atoms with van der Waals surface area (Å²) >= 11 is 0. The number of aldehydes is 1. The standard InChI is InChI=1S/C31H26F2O3/c1-23(36-29(22-34)27-18-11-19-28(32)30(27)33)20-21-35-31(24-12-5-2-6-13-24,25-14-7-3-8-15-25)26-16-9-4-10-17-26/h2-23,29H,1H3. The van der Waals surface area contributed by atoms with Crippen LogP contribution in [0.3, 0.4) is 0 Å². The van der Waals surface area contributed by atoms with Crippen LogP contribution in [0.4, 0.5) is 8.78 Å². The molecule has 0 N–H and O–H groups in total. The lowest BCUT2D eigenvalue weighted by Gasteiger charge is -2.35. The van der Waals surface area contributed by atoms with Gasteiger partial charge in [0, 0.05) is 22.3 Å². The Morgan fingerprint density at radius 2 is 1.22 bits per heavy atom. The number of carbonyl (C=O) groups excluding carboxylic acids is 1. The molecule has 0 spiro atoms. The van der Waals surface area contributed by atoms with Gasteiger partial charge in [0.25, 0.3) is 0 Å². The van der Waals surface area contributed by atoms with Gasteiger partial charge in [-0.05, 0) is 19.1 Å². The summed E-state index contributed by atoms with van der Waals surface area (Å²) in [5.74, 6) is -2.13. The molecule has 0 radical (unpaired) electrons. The minimum atomic E-state index is -1.26. The van der Waals surface area contributed by atoms with E-state index in [4.69, 9.17) is 9.47 Å². The zero-order valence-corrected chi connectivity index (χ0v) is 19.8. The van der Waals surface area contributed by atoms with Gasteiger partial charge in [0.1, 0.15) is 6.10 Å². The quantitative estimate of drug-likeness (QED) is 0.136. The zero-order valence-electron chi connectivity index (χ0n) is 19.8. The predicted molar refractivity (Wildman–Crippen MR) is 135 cm³/mol. The van der Waals surface area contributed by atoms with E-state index in [0.717, 1.165) is 22.8 Å². The highest BCUT2D eigenvalue weighted by Crippen LogP contribution is 2.40. The van der Waals surface area contributed by atoms with Crippen LogP contribution in [0.2, 0.25) is 0 Å². The average Bonchev–Trinajstić information content (AvgIpc) is 2.93. The van der Waals surface area contributed by atoms with E-state index in [0.29, 0.717) is 6.29 Å². The molecule has 4 aromatic carbocycles. The highest BCUT2D eigenvalue weighted by Gasteiger charge is 2.37. The van der Waals surface area contributed by atoms with Crippen molar-refractivity contribution in [1.29, 1.82) is 0 Å². The largest absolute Gasteiger partial charge is 0.481 e. The smallest absolute Gasteiger partial charge is 0.183 e. The Hall–Kier alpha value is -4.09. The summed E-state index contributed by atoms with van der Waals surface area (Å²) in [6.07, 6.45) is 1.72. The van der Waals surface area contributed by atoms with Crippen molar-refractivity contribution in [1.82, 2.24) is 0 Å². The molecule has 0 heterocycles. The second-order valence-corrected chi connectivity index (χ2v) is 8.27. The highest BCUT2D eigenvalue weighted by atomic mass is 19.2. The Morgan fingerprint density at radius 3 is 1.69 bits per heavy atom. The zero-order chi connectivity index (χ0) is 25.4. The van der Waals surface area contributed by atoms with Gasteiger partial charge in [-0.2, -0.15) is 0 Å². The van der Waals surface area contributed by atoms with Crippen molar-refractivity contribution in [2.75, 3.05) is 0 Å². The van der Waals surface area contributed by atoms with Crippen LogP contribution in [0.5, 0.6) is 0 Å². The van der Waals surface area contributed by atoms with Crippen LogP contribution in [0.15, 0.2) is 122 Å². The van der Waals surface area contributed by atoms with Crippen molar-refractivity contribution < 1.29 is 23.0 Å². The van der Waals surface area contributed by atoms with Crippen LogP contribution < -0.4 is 0 Å². The first kappa shape index (κ1) is 25.0. The molecule has 0 aromatic heterocycles. The molecule has 0 saturated heterocycles. The number of ether oxygens (including phenoxy) is 2. The summed E-state index contributed by atoms with van der Waals surface area (Å²) < 4.78 is 40.1. The van der Waals surface area contributed by atoms with Crippen molar-refractivity contribution in [2.24, 2.45) is 0 Å². The van der Waals surface area contributed by atoms with Gasteiger partial charge in [-0.1, -0.05) is 103 Å². The molecule has 36 heavy (non-hydrogen) atoms. The second kappa shape index (κ2) is 11.6. The lowest BCUT2D eigenvalue weighted by molar-refractivity contribution is -0.120. The van der Waals surface area contributed by atoms with E-state index in [9.17, 15) is 13.6 Å². The van der Waals surface area contributed by atoms with Crippen molar-refractivity contribution in [3.8, 4) is 0 Å². The van der Waals surface area contributed by atoms with E-state index < -0.39 is 29.4 Å². The molecule has 2 unspecified atom stereocenters. The van der Waals surface area contributed by atoms with Crippen molar-refractivity contribution >= 4 is 6.29 Å². The first-order valence-electron chi connectivity index (χ1n) is 11.6. The Labute approximate surface area is 209 Å². The topological polar surface area (TPSA) is 35.5 Å². The van der Waals surface area contributed by atoms with E-state index in [1.807, 2.05) is 91.0 Å². The van der Waals surface area contributed by atoms with Crippen molar-refractivity contribution in [3.63, 3.8) is 0 Å². The fraction of sp³-hybridized carbons (Fsp3) is 0.129. The van der Waals surface area contributed by atoms with E-state index in [2.05, 4.69) is 0 Å². The van der Waals surface area contributed by atoms with E-state index in [1.165, 1.54) is 18.4 Å². The van der Waals surface area contributed by atoms with Crippen LogP contribution in [0.1, 0.15) is 35.3 Å². The SMILES string of the molecule is CC(C=COC(c1ccccc1)(c1ccccc1)c1ccccc1)OC(C=O)c1cccc(F)c1F. The first-order valence-corrected chi connectivity index (χ1v) is 11.6. The van der Waals surface area contributed by atoms with Crippen LogP contribution in [-0.4, -0.2) is 12.4 Å². The summed E-state index contributed by atoms with van der Waals surface area (Å²) in [5, 5.41) is 0. The van der Waals surface area contributed by atoms with Gasteiger partial charge in [0.2, 0.25) is 0 Å². The van der Waals surface area contributed by atoms with Crippen molar-refractivity contribution in [2.45, 2.75) is 24.7 Å². The molecule has 0 aliphatic heterocycles. The van der Waals surface area contributed by atoms with Gasteiger partial charge in [0.15, 0.2) is 23.5 Å². The summed E-state index contributed by atoms with van der Waals surface area (Å²) in [5.41, 5.74) is 1.66. The molecule has 5 heteroatoms. The lowest BCUT2D eigenvalue weighted by Crippen LogP contribution is -2.31. The maximum atomic E-state index is 14.2. The van der Waals surface area contributed by atoms with Gasteiger partial charge in [-0.3, -0.25) is 0 Å². The molecule has 0 aliphatic carbocycles. The first-order chi connectivity index (χ1) is 17.6. The van der Waals surface area contributed by atoms with Gasteiger partial charge in [-0.15, -0.1) is 0 Å². The van der Waals surface area contributed by atoms with Gasteiger partial charge in [0.05, 0.1) is 12.4 Å². The van der Waals surface area contributed by atoms with Gasteiger partial charge < -0.3 is 14.3 Å². The third kappa shape index (κ3) is 5.26. The average molecular weight is 485 g/mol. The molecule has 182 valence electrons. The number of benzene rings is 4. The fourth-order valence-corrected chi connectivity index (χ4v) is 4.17. The summed E-state index contributed by atoms with van der Waals surface area (Å²) in [6.45, 7) is 1.70. The number of rotatable bonds is 10. The molecule has 0 fully saturated rings. The number of hydrogen-bond donors (Lipinski definition) is 0. The van der Waals surface area contributed by atoms with Gasteiger partial charge in [-0.25, -0.2) is 8.78 Å². The Kier molecular flexibility index (Phi) is 8.03. The van der Waals surface area contributed by atoms with Crippen molar-refractivity contribution in [3.05, 3.63) is 155 Å². The molecule has 4 rings (SSSR count). The molecule has 0 aliphatic rings. The van der Waals surface area contributed by atoms with Crippen LogP contribution in [0, 0.1) is 11.6 Å². The minimum absolute atomic E-state index is 0.154. The molecular weight excluding hydrogens is 458 g/mol. The Bertz CT molecular complexity index is 1190. The minimum Gasteiger partial charge on any atom is -0.481 e. The molecule has 0 saturated carbocycles. The van der Waals surface area contributed by atoms with E-state index >= 15 is 0 Å². The second-order valence-electron chi connectivity index (χ2n) is 8.27. The Balaban J connectivity index is 1.66. The van der Waals surface area contributed by atoms with E-state index in [-0.39, 0.29) is 5.56 Å². The Morgan fingerprint density at radius 1 is 0.722 bits per heavy atom. The molecule has 0 bridgehead atoms. The number of halogens is 2. The lowest BCUT2D eigenvalue weighted by atomic mass is 9.80. The number of carbonyl (C=O) groups is 1. The molecule has 3 nitrogen and oxygen atoms in total.